The zero-order valence-electron chi connectivity index (χ0n) is 15.3. The molecular weight excluding hydrogens is 360 g/mol. The van der Waals surface area contributed by atoms with Gasteiger partial charge < -0.3 is 20.1 Å². The van der Waals surface area contributed by atoms with Crippen molar-refractivity contribution in [2.24, 2.45) is 0 Å². The van der Waals surface area contributed by atoms with Gasteiger partial charge in [-0.25, -0.2) is 14.8 Å². The second-order valence-electron chi connectivity index (χ2n) is 5.68. The van der Waals surface area contributed by atoms with Crippen LogP contribution in [0.25, 0.3) is 0 Å². The Bertz CT molecular complexity index is 972. The van der Waals surface area contributed by atoms with Gasteiger partial charge in [0.1, 0.15) is 5.75 Å². The summed E-state index contributed by atoms with van der Waals surface area (Å²) in [6, 6.07) is 13.7. The molecule has 3 rings (SSSR count). The largest absolute Gasteiger partial charge is 0.497 e. The Hall–Kier alpha value is -3.94. The summed E-state index contributed by atoms with van der Waals surface area (Å²) in [5, 5.41) is 5.73. The molecule has 1 aromatic heterocycles. The molecule has 1 heterocycles. The lowest BCUT2D eigenvalue weighted by atomic mass is 10.2. The van der Waals surface area contributed by atoms with Crippen LogP contribution in [0.2, 0.25) is 0 Å². The zero-order chi connectivity index (χ0) is 19.9. The van der Waals surface area contributed by atoms with E-state index in [4.69, 9.17) is 9.47 Å². The molecule has 0 radical (unpaired) electrons. The lowest BCUT2D eigenvalue weighted by Gasteiger charge is -2.08. The maximum absolute atomic E-state index is 12.3. The summed E-state index contributed by atoms with van der Waals surface area (Å²) < 4.78 is 9.78. The van der Waals surface area contributed by atoms with Crippen LogP contribution in [-0.2, 0) is 4.74 Å². The number of nitrogens with one attached hydrogen (secondary N) is 2. The van der Waals surface area contributed by atoms with Crippen LogP contribution in [0.4, 0.5) is 17.3 Å². The van der Waals surface area contributed by atoms with Crippen LogP contribution >= 0.6 is 0 Å². The highest BCUT2D eigenvalue weighted by Gasteiger charge is 2.09. The van der Waals surface area contributed by atoms with E-state index in [1.54, 1.807) is 55.6 Å². The number of benzene rings is 2. The summed E-state index contributed by atoms with van der Waals surface area (Å²) in [6.07, 6.45) is 2.83. The minimum absolute atomic E-state index is 0.294. The van der Waals surface area contributed by atoms with Gasteiger partial charge in [0.25, 0.3) is 5.91 Å². The van der Waals surface area contributed by atoms with E-state index in [-0.39, 0.29) is 5.91 Å². The molecule has 0 aliphatic heterocycles. The number of carbonyl (C=O) groups is 2. The maximum atomic E-state index is 12.3. The average Bonchev–Trinajstić information content (AvgIpc) is 2.74. The van der Waals surface area contributed by atoms with Gasteiger partial charge in [-0.05, 0) is 42.5 Å². The van der Waals surface area contributed by atoms with Gasteiger partial charge in [-0.1, -0.05) is 6.07 Å². The standard InChI is InChI=1S/C20H18N4O4/c1-27-17-8-6-15(7-9-17)23-18(25)14-11-21-20(22-12-14)24-16-5-3-4-13(10-16)19(26)28-2/h3-12H,1-2H3,(H,23,25)(H,21,22,24). The highest BCUT2D eigenvalue weighted by Crippen LogP contribution is 2.17. The van der Waals surface area contributed by atoms with Crippen molar-refractivity contribution in [1.82, 2.24) is 9.97 Å². The first-order chi connectivity index (χ1) is 13.6. The predicted octanol–water partition coefficient (Wildman–Crippen LogP) is 3.27. The first-order valence-electron chi connectivity index (χ1n) is 8.32. The molecule has 0 unspecified atom stereocenters. The summed E-state index contributed by atoms with van der Waals surface area (Å²) >= 11 is 0. The quantitative estimate of drug-likeness (QED) is 0.635. The number of amides is 1. The Morgan fingerprint density at radius 3 is 2.25 bits per heavy atom. The smallest absolute Gasteiger partial charge is 0.337 e. The Morgan fingerprint density at radius 1 is 0.893 bits per heavy atom. The van der Waals surface area contributed by atoms with Gasteiger partial charge in [0, 0.05) is 23.8 Å². The molecule has 0 aliphatic carbocycles. The van der Waals surface area contributed by atoms with Crippen molar-refractivity contribution in [3.05, 3.63) is 72.1 Å². The summed E-state index contributed by atoms with van der Waals surface area (Å²) in [6.45, 7) is 0. The molecule has 3 aromatic rings. The third-order valence-corrected chi connectivity index (χ3v) is 3.80. The van der Waals surface area contributed by atoms with E-state index in [9.17, 15) is 9.59 Å². The number of hydrogen-bond acceptors (Lipinski definition) is 7. The number of esters is 1. The number of nitrogens with zero attached hydrogens (tertiary/aromatic N) is 2. The number of ether oxygens (including phenoxy) is 2. The summed E-state index contributed by atoms with van der Waals surface area (Å²) in [4.78, 5) is 32.2. The fourth-order valence-corrected chi connectivity index (χ4v) is 2.36. The fraction of sp³-hybridized carbons (Fsp3) is 0.100. The third-order valence-electron chi connectivity index (χ3n) is 3.80. The molecule has 0 atom stereocenters. The molecule has 0 spiro atoms. The second kappa shape index (κ2) is 8.63. The van der Waals surface area contributed by atoms with Gasteiger partial charge in [-0.3, -0.25) is 4.79 Å². The van der Waals surface area contributed by atoms with Gasteiger partial charge in [-0.2, -0.15) is 0 Å². The second-order valence-corrected chi connectivity index (χ2v) is 5.68. The molecule has 0 aliphatic rings. The van der Waals surface area contributed by atoms with Gasteiger partial charge in [0.05, 0.1) is 25.3 Å². The highest BCUT2D eigenvalue weighted by atomic mass is 16.5. The van der Waals surface area contributed by atoms with E-state index >= 15 is 0 Å². The first kappa shape index (κ1) is 18.8. The van der Waals surface area contributed by atoms with Crippen molar-refractivity contribution in [3.63, 3.8) is 0 Å². The SMILES string of the molecule is COC(=O)c1cccc(Nc2ncc(C(=O)Nc3ccc(OC)cc3)cn2)c1. The Labute approximate surface area is 161 Å². The molecule has 0 bridgehead atoms. The third kappa shape index (κ3) is 4.61. The fourth-order valence-electron chi connectivity index (χ4n) is 2.36. The maximum Gasteiger partial charge on any atom is 0.337 e. The van der Waals surface area contributed by atoms with E-state index in [0.29, 0.717) is 34.2 Å². The van der Waals surface area contributed by atoms with Gasteiger partial charge >= 0.3 is 5.97 Å². The van der Waals surface area contributed by atoms with Crippen molar-refractivity contribution in [2.75, 3.05) is 24.9 Å². The van der Waals surface area contributed by atoms with Crippen LogP contribution < -0.4 is 15.4 Å². The van der Waals surface area contributed by atoms with Crippen molar-refractivity contribution in [2.45, 2.75) is 0 Å². The van der Waals surface area contributed by atoms with E-state index in [2.05, 4.69) is 20.6 Å². The number of hydrogen-bond donors (Lipinski definition) is 2. The van der Waals surface area contributed by atoms with Crippen molar-refractivity contribution in [1.29, 1.82) is 0 Å². The molecular formula is C20H18N4O4. The van der Waals surface area contributed by atoms with Crippen LogP contribution in [-0.4, -0.2) is 36.1 Å². The van der Waals surface area contributed by atoms with Crippen LogP contribution in [0.3, 0.4) is 0 Å². The minimum Gasteiger partial charge on any atom is -0.497 e. The molecule has 8 nitrogen and oxygen atoms in total. The van der Waals surface area contributed by atoms with Crippen LogP contribution in [0.5, 0.6) is 5.75 Å². The van der Waals surface area contributed by atoms with E-state index < -0.39 is 5.97 Å². The first-order valence-corrected chi connectivity index (χ1v) is 8.32. The molecule has 2 aromatic carbocycles. The Kier molecular flexibility index (Phi) is 5.81. The van der Waals surface area contributed by atoms with Crippen LogP contribution in [0.1, 0.15) is 20.7 Å². The van der Waals surface area contributed by atoms with Crippen LogP contribution in [0, 0.1) is 0 Å². The molecule has 28 heavy (non-hydrogen) atoms. The van der Waals surface area contributed by atoms with Gasteiger partial charge in [0.15, 0.2) is 0 Å². The zero-order valence-corrected chi connectivity index (χ0v) is 15.3. The number of methoxy groups -OCH3 is 2. The molecule has 0 fully saturated rings. The average molecular weight is 378 g/mol. The van der Waals surface area contributed by atoms with E-state index in [1.807, 2.05) is 0 Å². The summed E-state index contributed by atoms with van der Waals surface area (Å²) in [7, 11) is 2.90. The molecule has 8 heteroatoms. The van der Waals surface area contributed by atoms with Crippen molar-refractivity contribution in [3.8, 4) is 5.75 Å². The topological polar surface area (TPSA) is 102 Å². The van der Waals surface area contributed by atoms with Crippen molar-refractivity contribution < 1.29 is 19.1 Å². The molecule has 142 valence electrons. The Balaban J connectivity index is 1.65. The summed E-state index contributed by atoms with van der Waals surface area (Å²) in [5.41, 5.74) is 1.97. The lowest BCUT2D eigenvalue weighted by molar-refractivity contribution is 0.0600. The predicted molar refractivity (Wildman–Crippen MR) is 104 cm³/mol. The molecule has 0 saturated carbocycles. The van der Waals surface area contributed by atoms with Crippen LogP contribution in [0.15, 0.2) is 60.9 Å². The van der Waals surface area contributed by atoms with E-state index in [0.717, 1.165) is 0 Å². The molecule has 0 saturated heterocycles. The van der Waals surface area contributed by atoms with E-state index in [1.165, 1.54) is 19.5 Å². The lowest BCUT2D eigenvalue weighted by Crippen LogP contribution is -2.13. The highest BCUT2D eigenvalue weighted by molar-refractivity contribution is 6.03. The number of anilines is 3. The van der Waals surface area contributed by atoms with Gasteiger partial charge in [-0.15, -0.1) is 0 Å². The van der Waals surface area contributed by atoms with Crippen molar-refractivity contribution >= 4 is 29.2 Å². The summed E-state index contributed by atoms with van der Waals surface area (Å²) in [5.74, 6) is 0.232. The normalized spacial score (nSPS) is 10.1. The number of rotatable bonds is 6. The number of aromatic nitrogens is 2. The van der Waals surface area contributed by atoms with Gasteiger partial charge in [0.2, 0.25) is 5.95 Å². The molecule has 1 amide bonds. The monoisotopic (exact) mass is 378 g/mol. The minimum atomic E-state index is -0.435. The molecule has 2 N–H and O–H groups in total. The number of carbonyl (C=O) groups excluding carboxylic acids is 2. The Morgan fingerprint density at radius 2 is 1.61 bits per heavy atom.